The van der Waals surface area contributed by atoms with Gasteiger partial charge in [-0.1, -0.05) is 12.1 Å². The van der Waals surface area contributed by atoms with Crippen LogP contribution in [0.5, 0.6) is 0 Å². The normalized spacial score (nSPS) is 11.6. The predicted octanol–water partition coefficient (Wildman–Crippen LogP) is 2.70. The third-order valence-electron chi connectivity index (χ3n) is 4.54. The van der Waals surface area contributed by atoms with Gasteiger partial charge >= 0.3 is 11.9 Å². The van der Waals surface area contributed by atoms with Gasteiger partial charge in [0.2, 0.25) is 0 Å². The third-order valence-corrected chi connectivity index (χ3v) is 4.54. The van der Waals surface area contributed by atoms with Crippen molar-refractivity contribution >= 4 is 16.8 Å². The van der Waals surface area contributed by atoms with E-state index in [0.29, 0.717) is 17.4 Å². The number of fused-ring (bicyclic) bond motifs is 1. The van der Waals surface area contributed by atoms with Gasteiger partial charge in [0.05, 0.1) is 16.5 Å². The molecule has 3 rings (SSSR count). The summed E-state index contributed by atoms with van der Waals surface area (Å²) >= 11 is 0. The number of amides is 1. The highest BCUT2D eigenvalue weighted by atomic mass is 19.4. The van der Waals surface area contributed by atoms with Gasteiger partial charge in [-0.05, 0) is 49.2 Å². The molecule has 9 heteroatoms. The number of carbonyl (C=O) groups is 1. The second kappa shape index (κ2) is 7.94. The average Bonchev–Trinajstić information content (AvgIpc) is 2.67. The van der Waals surface area contributed by atoms with Crippen molar-refractivity contribution in [2.75, 3.05) is 6.54 Å². The van der Waals surface area contributed by atoms with Crippen LogP contribution in [-0.2, 0) is 19.1 Å². The monoisotopic (exact) mass is 405 g/mol. The summed E-state index contributed by atoms with van der Waals surface area (Å²) in [4.78, 5) is 39.1. The second-order valence-electron chi connectivity index (χ2n) is 6.44. The summed E-state index contributed by atoms with van der Waals surface area (Å²) in [6, 6.07) is 9.12. The van der Waals surface area contributed by atoms with Crippen LogP contribution in [0.15, 0.2) is 52.1 Å². The molecular weight excluding hydrogens is 387 g/mol. The Bertz CT molecular complexity index is 1160. The zero-order chi connectivity index (χ0) is 21.2. The summed E-state index contributed by atoms with van der Waals surface area (Å²) in [5.41, 5.74) is -0.529. The largest absolute Gasteiger partial charge is 0.416 e. The number of aromatic nitrogens is 2. The first-order valence-electron chi connectivity index (χ1n) is 8.92. The molecule has 1 aromatic heterocycles. The number of nitrogens with one attached hydrogen (secondary N) is 2. The van der Waals surface area contributed by atoms with E-state index >= 15 is 0 Å². The quantitative estimate of drug-likeness (QED) is 0.685. The van der Waals surface area contributed by atoms with Crippen molar-refractivity contribution < 1.29 is 18.0 Å². The van der Waals surface area contributed by atoms with E-state index in [4.69, 9.17) is 0 Å². The van der Waals surface area contributed by atoms with Crippen LogP contribution in [0.3, 0.4) is 0 Å². The van der Waals surface area contributed by atoms with E-state index in [9.17, 15) is 27.6 Å². The van der Waals surface area contributed by atoms with Gasteiger partial charge < -0.3 is 10.3 Å². The number of alkyl halides is 3. The van der Waals surface area contributed by atoms with Crippen molar-refractivity contribution in [3.63, 3.8) is 0 Å². The first-order valence-corrected chi connectivity index (χ1v) is 8.92. The van der Waals surface area contributed by atoms with E-state index in [1.54, 1.807) is 6.92 Å². The summed E-state index contributed by atoms with van der Waals surface area (Å²) in [5.74, 6) is -0.417. The highest BCUT2D eigenvalue weighted by molar-refractivity contribution is 5.97. The van der Waals surface area contributed by atoms with Crippen LogP contribution < -0.4 is 16.6 Å². The van der Waals surface area contributed by atoms with Crippen molar-refractivity contribution in [3.05, 3.63) is 80.0 Å². The van der Waals surface area contributed by atoms with E-state index in [-0.39, 0.29) is 24.2 Å². The molecule has 1 amide bonds. The van der Waals surface area contributed by atoms with Crippen LogP contribution in [-0.4, -0.2) is 22.0 Å². The molecule has 0 bridgehead atoms. The van der Waals surface area contributed by atoms with Crippen molar-refractivity contribution in [3.8, 4) is 0 Å². The van der Waals surface area contributed by atoms with Gasteiger partial charge in [0.1, 0.15) is 0 Å². The van der Waals surface area contributed by atoms with Gasteiger partial charge in [0.15, 0.2) is 0 Å². The van der Waals surface area contributed by atoms with Gasteiger partial charge in [-0.3, -0.25) is 14.2 Å². The fourth-order valence-corrected chi connectivity index (χ4v) is 2.97. The van der Waals surface area contributed by atoms with E-state index in [1.807, 2.05) is 0 Å². The number of rotatable bonds is 5. The molecule has 2 N–H and O–H groups in total. The average molecular weight is 405 g/mol. The van der Waals surface area contributed by atoms with Gasteiger partial charge in [0, 0.05) is 18.7 Å². The molecular formula is C20H18F3N3O3. The number of H-pyrrole nitrogens is 1. The van der Waals surface area contributed by atoms with Crippen LogP contribution >= 0.6 is 0 Å². The van der Waals surface area contributed by atoms with E-state index in [1.165, 1.54) is 30.3 Å². The predicted molar refractivity (Wildman–Crippen MR) is 102 cm³/mol. The summed E-state index contributed by atoms with van der Waals surface area (Å²) in [6.07, 6.45) is -4.03. The lowest BCUT2D eigenvalue weighted by molar-refractivity contribution is -0.137. The summed E-state index contributed by atoms with van der Waals surface area (Å²) in [7, 11) is 0. The van der Waals surface area contributed by atoms with Crippen molar-refractivity contribution in [1.29, 1.82) is 0 Å². The molecule has 0 saturated heterocycles. The molecule has 0 fully saturated rings. The summed E-state index contributed by atoms with van der Waals surface area (Å²) in [5, 5.41) is 2.97. The zero-order valence-corrected chi connectivity index (χ0v) is 15.5. The molecule has 2 aromatic carbocycles. The molecule has 0 aliphatic carbocycles. The molecule has 1 heterocycles. The number of hydrogen-bond acceptors (Lipinski definition) is 3. The first-order chi connectivity index (χ1) is 13.7. The number of aromatic amines is 1. The molecule has 6 nitrogen and oxygen atoms in total. The zero-order valence-electron chi connectivity index (χ0n) is 15.5. The first kappa shape index (κ1) is 20.4. The Kier molecular flexibility index (Phi) is 5.58. The molecule has 29 heavy (non-hydrogen) atoms. The number of halogens is 3. The van der Waals surface area contributed by atoms with Crippen LogP contribution in [0, 0.1) is 0 Å². The van der Waals surface area contributed by atoms with E-state index in [2.05, 4.69) is 10.3 Å². The Morgan fingerprint density at radius 2 is 1.79 bits per heavy atom. The third kappa shape index (κ3) is 4.39. The Morgan fingerprint density at radius 1 is 1.10 bits per heavy atom. The van der Waals surface area contributed by atoms with Crippen molar-refractivity contribution in [2.24, 2.45) is 0 Å². The summed E-state index contributed by atoms with van der Waals surface area (Å²) in [6.45, 7) is 2.13. The van der Waals surface area contributed by atoms with Crippen molar-refractivity contribution in [2.45, 2.75) is 26.1 Å². The fraction of sp³-hybridized carbons (Fsp3) is 0.250. The van der Waals surface area contributed by atoms with Crippen LogP contribution in [0.1, 0.15) is 28.4 Å². The van der Waals surface area contributed by atoms with Crippen molar-refractivity contribution in [1.82, 2.24) is 14.9 Å². The molecule has 0 unspecified atom stereocenters. The topological polar surface area (TPSA) is 84.0 Å². The lowest BCUT2D eigenvalue weighted by atomic mass is 10.1. The van der Waals surface area contributed by atoms with E-state index < -0.39 is 28.9 Å². The maximum atomic E-state index is 12.6. The minimum absolute atomic E-state index is 0.218. The van der Waals surface area contributed by atoms with Crippen LogP contribution in [0.2, 0.25) is 0 Å². The van der Waals surface area contributed by atoms with Crippen LogP contribution in [0.25, 0.3) is 10.9 Å². The minimum atomic E-state index is -4.38. The summed E-state index contributed by atoms with van der Waals surface area (Å²) < 4.78 is 38.8. The van der Waals surface area contributed by atoms with Gasteiger partial charge in [-0.25, -0.2) is 4.79 Å². The number of nitrogens with zero attached hydrogens (tertiary/aromatic N) is 1. The van der Waals surface area contributed by atoms with E-state index in [0.717, 1.165) is 16.7 Å². The smallest absolute Gasteiger partial charge is 0.352 e. The van der Waals surface area contributed by atoms with Crippen LogP contribution in [0.4, 0.5) is 13.2 Å². The second-order valence-corrected chi connectivity index (χ2v) is 6.44. The Hall–Kier alpha value is -3.36. The maximum Gasteiger partial charge on any atom is 0.416 e. The highest BCUT2D eigenvalue weighted by Crippen LogP contribution is 2.29. The van der Waals surface area contributed by atoms with Gasteiger partial charge in [-0.2, -0.15) is 13.2 Å². The minimum Gasteiger partial charge on any atom is -0.352 e. The molecule has 0 aliphatic heterocycles. The molecule has 0 spiro atoms. The number of hydrogen-bond donors (Lipinski definition) is 2. The Labute approximate surface area is 163 Å². The molecule has 0 radical (unpaired) electrons. The highest BCUT2D eigenvalue weighted by Gasteiger charge is 2.29. The standard InChI is InChI=1S/C20H18F3N3O3/c1-2-26-18(28)15-8-5-13(11-16(15)25-19(26)29)17(27)24-10-9-12-3-6-14(7-4-12)20(21,22)23/h3-8,11H,2,9-10H2,1H3,(H,24,27)(H,25,29). The molecule has 0 aliphatic rings. The molecule has 0 saturated carbocycles. The fourth-order valence-electron chi connectivity index (χ4n) is 2.97. The van der Waals surface area contributed by atoms with Gasteiger partial charge in [-0.15, -0.1) is 0 Å². The SMILES string of the molecule is CCn1c(=O)[nH]c2cc(C(=O)NCCc3ccc(C(F)(F)F)cc3)ccc2c1=O. The molecule has 0 atom stereocenters. The number of carbonyl (C=O) groups excluding carboxylic acids is 1. The maximum absolute atomic E-state index is 12.6. The molecule has 152 valence electrons. The Morgan fingerprint density at radius 3 is 2.41 bits per heavy atom. The number of benzene rings is 2. The van der Waals surface area contributed by atoms with Gasteiger partial charge in [0.25, 0.3) is 11.5 Å². The Balaban J connectivity index is 1.69. The lowest BCUT2D eigenvalue weighted by Crippen LogP contribution is -2.34. The lowest BCUT2D eigenvalue weighted by Gasteiger charge is -2.09. The molecule has 3 aromatic rings.